The number of hydrogen-bond acceptors (Lipinski definition) is 6. The van der Waals surface area contributed by atoms with Gasteiger partial charge in [0.25, 0.3) is 5.56 Å². The zero-order valence-electron chi connectivity index (χ0n) is 18.9. The fraction of sp³-hybridized carbons (Fsp3) is 0.154. The molecule has 35 heavy (non-hydrogen) atoms. The number of halogens is 2. The van der Waals surface area contributed by atoms with Gasteiger partial charge in [-0.05, 0) is 66.6 Å². The zero-order chi connectivity index (χ0) is 24.5. The number of para-hydroxylation sites is 2. The van der Waals surface area contributed by atoms with Gasteiger partial charge >= 0.3 is 0 Å². The lowest BCUT2D eigenvalue weighted by Gasteiger charge is -2.14. The SMILES string of the molecule is COc1cc(/C=c2/sc3nc4ccccc4n3c2=O)cc(Cl)c1OCCOc1ccc(Cl)c(C)c1. The summed E-state index contributed by atoms with van der Waals surface area (Å²) in [7, 11) is 1.54. The first-order chi connectivity index (χ1) is 16.9. The van der Waals surface area contributed by atoms with E-state index in [0.717, 1.165) is 22.2 Å². The van der Waals surface area contributed by atoms with Crippen molar-refractivity contribution in [2.24, 2.45) is 0 Å². The Kier molecular flexibility index (Phi) is 6.56. The Morgan fingerprint density at radius 2 is 1.83 bits per heavy atom. The summed E-state index contributed by atoms with van der Waals surface area (Å²) in [4.78, 5) is 18.2. The van der Waals surface area contributed by atoms with Gasteiger partial charge in [0, 0.05) is 5.02 Å². The Morgan fingerprint density at radius 3 is 2.63 bits per heavy atom. The van der Waals surface area contributed by atoms with E-state index in [-0.39, 0.29) is 12.2 Å². The third kappa shape index (κ3) is 4.67. The van der Waals surface area contributed by atoms with Gasteiger partial charge < -0.3 is 14.2 Å². The molecule has 0 atom stereocenters. The molecule has 178 valence electrons. The van der Waals surface area contributed by atoms with Crippen LogP contribution in [-0.4, -0.2) is 29.7 Å². The maximum absolute atomic E-state index is 13.0. The first kappa shape index (κ1) is 23.5. The maximum Gasteiger partial charge on any atom is 0.274 e. The fourth-order valence-corrected chi connectivity index (χ4v) is 5.11. The molecular weight excluding hydrogens is 507 g/mol. The molecule has 0 amide bonds. The first-order valence-electron chi connectivity index (χ1n) is 10.8. The van der Waals surface area contributed by atoms with E-state index < -0.39 is 0 Å². The highest BCUT2D eigenvalue weighted by Gasteiger charge is 2.14. The van der Waals surface area contributed by atoms with Gasteiger partial charge in [0.05, 0.1) is 27.7 Å². The molecule has 3 aromatic carbocycles. The number of rotatable bonds is 7. The highest BCUT2D eigenvalue weighted by molar-refractivity contribution is 7.15. The summed E-state index contributed by atoms with van der Waals surface area (Å²) in [5.41, 5.74) is 3.12. The van der Waals surface area contributed by atoms with E-state index in [9.17, 15) is 4.79 Å². The lowest BCUT2D eigenvalue weighted by molar-refractivity contribution is 0.211. The van der Waals surface area contributed by atoms with Gasteiger partial charge in [-0.2, -0.15) is 0 Å². The van der Waals surface area contributed by atoms with Gasteiger partial charge in [-0.1, -0.05) is 46.7 Å². The first-order valence-corrected chi connectivity index (χ1v) is 12.3. The number of imidazole rings is 1. The normalized spacial score (nSPS) is 11.9. The summed E-state index contributed by atoms with van der Waals surface area (Å²) in [6.07, 6.45) is 1.78. The molecule has 0 spiro atoms. The van der Waals surface area contributed by atoms with Crippen molar-refractivity contribution in [3.05, 3.63) is 90.7 Å². The van der Waals surface area contributed by atoms with Gasteiger partial charge in [0.15, 0.2) is 16.5 Å². The molecule has 9 heteroatoms. The van der Waals surface area contributed by atoms with E-state index in [2.05, 4.69) is 4.98 Å². The molecule has 0 aliphatic carbocycles. The molecule has 0 unspecified atom stereocenters. The molecule has 0 N–H and O–H groups in total. The van der Waals surface area contributed by atoms with E-state index in [1.807, 2.05) is 43.3 Å². The second-order valence-electron chi connectivity index (χ2n) is 7.78. The van der Waals surface area contributed by atoms with Crippen molar-refractivity contribution in [2.75, 3.05) is 20.3 Å². The second kappa shape index (κ2) is 9.77. The smallest absolute Gasteiger partial charge is 0.274 e. The minimum atomic E-state index is -0.122. The van der Waals surface area contributed by atoms with E-state index >= 15 is 0 Å². The zero-order valence-corrected chi connectivity index (χ0v) is 21.2. The largest absolute Gasteiger partial charge is 0.493 e. The van der Waals surface area contributed by atoms with Crippen molar-refractivity contribution in [3.8, 4) is 17.2 Å². The van der Waals surface area contributed by atoms with Crippen LogP contribution in [0.15, 0.2) is 59.4 Å². The molecule has 5 aromatic rings. The van der Waals surface area contributed by atoms with Gasteiger partial charge in [0.2, 0.25) is 0 Å². The quantitative estimate of drug-likeness (QED) is 0.260. The lowest BCUT2D eigenvalue weighted by Crippen LogP contribution is -2.22. The Balaban J connectivity index is 1.37. The van der Waals surface area contributed by atoms with Crippen LogP contribution in [0, 0.1) is 6.92 Å². The number of aromatic nitrogens is 2. The number of nitrogens with zero attached hydrogens (tertiary/aromatic N) is 2. The summed E-state index contributed by atoms with van der Waals surface area (Å²) in [5, 5.41) is 1.06. The molecule has 0 fully saturated rings. The molecule has 0 bridgehead atoms. The monoisotopic (exact) mass is 526 g/mol. The second-order valence-corrected chi connectivity index (χ2v) is 9.60. The maximum atomic E-state index is 13.0. The van der Waals surface area contributed by atoms with Crippen molar-refractivity contribution < 1.29 is 14.2 Å². The Morgan fingerprint density at radius 1 is 1.03 bits per heavy atom. The van der Waals surface area contributed by atoms with Gasteiger partial charge in [-0.25, -0.2) is 9.38 Å². The molecular formula is C26H20Cl2N2O4S. The van der Waals surface area contributed by atoms with E-state index in [1.54, 1.807) is 35.8 Å². The van der Waals surface area contributed by atoms with Crippen LogP contribution in [0.2, 0.25) is 10.0 Å². The van der Waals surface area contributed by atoms with Crippen LogP contribution in [0.5, 0.6) is 17.2 Å². The molecule has 0 saturated heterocycles. The summed E-state index contributed by atoms with van der Waals surface area (Å²) in [6.45, 7) is 2.50. The third-order valence-electron chi connectivity index (χ3n) is 5.42. The highest BCUT2D eigenvalue weighted by atomic mass is 35.5. The van der Waals surface area contributed by atoms with Crippen LogP contribution in [-0.2, 0) is 0 Å². The molecule has 0 aliphatic rings. The van der Waals surface area contributed by atoms with Crippen LogP contribution in [0.1, 0.15) is 11.1 Å². The summed E-state index contributed by atoms with van der Waals surface area (Å²) in [6, 6.07) is 16.6. The van der Waals surface area contributed by atoms with Crippen molar-refractivity contribution in [2.45, 2.75) is 6.92 Å². The number of benzene rings is 3. The van der Waals surface area contributed by atoms with Crippen LogP contribution >= 0.6 is 34.5 Å². The van der Waals surface area contributed by atoms with Crippen LogP contribution < -0.4 is 24.3 Å². The minimum Gasteiger partial charge on any atom is -0.493 e. The fourth-order valence-electron chi connectivity index (χ4n) is 3.74. The highest BCUT2D eigenvalue weighted by Crippen LogP contribution is 2.36. The topological polar surface area (TPSA) is 62.1 Å². The van der Waals surface area contributed by atoms with Gasteiger partial charge in [0.1, 0.15) is 19.0 Å². The molecule has 6 nitrogen and oxygen atoms in total. The van der Waals surface area contributed by atoms with Gasteiger partial charge in [-0.15, -0.1) is 0 Å². The predicted molar refractivity (Wildman–Crippen MR) is 141 cm³/mol. The van der Waals surface area contributed by atoms with E-state index in [1.165, 1.54) is 11.3 Å². The Labute approximate surface area is 214 Å². The Hall–Kier alpha value is -3.26. The predicted octanol–water partition coefficient (Wildman–Crippen LogP) is 5.54. The third-order valence-corrected chi connectivity index (χ3v) is 7.10. The molecule has 2 aromatic heterocycles. The number of thiazole rings is 1. The molecule has 0 saturated carbocycles. The molecule has 0 radical (unpaired) electrons. The average Bonchev–Trinajstić information content (AvgIpc) is 3.35. The molecule has 2 heterocycles. The minimum absolute atomic E-state index is 0.122. The van der Waals surface area contributed by atoms with E-state index in [0.29, 0.717) is 43.4 Å². The number of fused-ring (bicyclic) bond motifs is 3. The number of hydrogen-bond donors (Lipinski definition) is 0. The number of methoxy groups -OCH3 is 1. The average molecular weight is 527 g/mol. The number of aryl methyl sites for hydroxylation is 1. The van der Waals surface area contributed by atoms with Crippen molar-refractivity contribution in [3.63, 3.8) is 0 Å². The molecule has 0 aliphatic heterocycles. The Bertz CT molecular complexity index is 1660. The van der Waals surface area contributed by atoms with Crippen molar-refractivity contribution in [1.82, 2.24) is 9.38 Å². The molecule has 5 rings (SSSR count). The lowest BCUT2D eigenvalue weighted by atomic mass is 10.2. The van der Waals surface area contributed by atoms with Crippen molar-refractivity contribution in [1.29, 1.82) is 0 Å². The van der Waals surface area contributed by atoms with Crippen LogP contribution in [0.4, 0.5) is 0 Å². The van der Waals surface area contributed by atoms with Crippen LogP contribution in [0.25, 0.3) is 22.1 Å². The van der Waals surface area contributed by atoms with Crippen LogP contribution in [0.3, 0.4) is 0 Å². The van der Waals surface area contributed by atoms with Gasteiger partial charge in [-0.3, -0.25) is 4.79 Å². The number of ether oxygens (including phenoxy) is 3. The summed E-state index contributed by atoms with van der Waals surface area (Å²) < 4.78 is 19.3. The van der Waals surface area contributed by atoms with Crippen molar-refractivity contribution >= 4 is 56.6 Å². The summed E-state index contributed by atoms with van der Waals surface area (Å²) >= 11 is 13.9. The standard InChI is InChI=1S/C26H20Cl2N2O4S/c1-15-11-17(7-8-18(15)27)33-9-10-34-24-19(28)12-16(13-22(24)32-2)14-23-25(31)30-21-6-4-3-5-20(21)29-26(30)35-23/h3-8,11-14H,9-10H2,1-2H3/b23-14+. The van der Waals surface area contributed by atoms with E-state index in [4.69, 9.17) is 37.4 Å². The summed E-state index contributed by atoms with van der Waals surface area (Å²) in [5.74, 6) is 1.59.